The second kappa shape index (κ2) is 11.6. The van der Waals surface area contributed by atoms with Gasteiger partial charge in [-0.1, -0.05) is 18.6 Å². The molecule has 180 valence electrons. The predicted octanol–water partition coefficient (Wildman–Crippen LogP) is 5.47. The van der Waals surface area contributed by atoms with Gasteiger partial charge in [-0.05, 0) is 84.1 Å². The molecule has 6 nitrogen and oxygen atoms in total. The first-order valence-corrected chi connectivity index (χ1v) is 12.5. The van der Waals surface area contributed by atoms with Crippen molar-refractivity contribution in [2.75, 3.05) is 18.5 Å². The average molecular weight is 529 g/mol. The Bertz CT molecular complexity index is 1090. The fraction of sp³-hybridized carbons (Fsp3) is 0.385. The smallest absolute Gasteiger partial charge is 0.224 e. The SMILES string of the molecule is Cn1ncc(Br)c1-c1cc(NC(=O)CCc2ccc(F)cc2)ccc1OCCC1CCCCN1. The maximum absolute atomic E-state index is 13.1. The van der Waals surface area contributed by atoms with Crippen molar-refractivity contribution in [3.8, 4) is 17.0 Å². The average Bonchev–Trinajstić information content (AvgIpc) is 3.18. The Morgan fingerprint density at radius 2 is 2.09 bits per heavy atom. The van der Waals surface area contributed by atoms with Crippen molar-refractivity contribution in [3.63, 3.8) is 0 Å². The Kier molecular flexibility index (Phi) is 8.34. The monoisotopic (exact) mass is 528 g/mol. The third-order valence-electron chi connectivity index (χ3n) is 6.10. The Balaban J connectivity index is 1.45. The number of hydrogen-bond donors (Lipinski definition) is 2. The molecule has 1 amide bonds. The molecular formula is C26H30BrFN4O2. The minimum atomic E-state index is -0.278. The van der Waals surface area contributed by atoms with Gasteiger partial charge in [-0.25, -0.2) is 4.39 Å². The van der Waals surface area contributed by atoms with Crippen LogP contribution in [0.25, 0.3) is 11.3 Å². The number of piperidine rings is 1. The van der Waals surface area contributed by atoms with Crippen molar-refractivity contribution < 1.29 is 13.9 Å². The number of rotatable bonds is 9. The summed E-state index contributed by atoms with van der Waals surface area (Å²) in [5, 5.41) is 10.9. The van der Waals surface area contributed by atoms with E-state index in [2.05, 4.69) is 31.7 Å². The van der Waals surface area contributed by atoms with E-state index in [9.17, 15) is 9.18 Å². The number of nitrogens with one attached hydrogen (secondary N) is 2. The molecule has 0 aliphatic carbocycles. The third-order valence-corrected chi connectivity index (χ3v) is 6.68. The topological polar surface area (TPSA) is 68.2 Å². The molecule has 1 aromatic heterocycles. The number of ether oxygens (including phenoxy) is 1. The molecule has 1 saturated heterocycles. The second-order valence-electron chi connectivity index (χ2n) is 8.63. The van der Waals surface area contributed by atoms with Crippen LogP contribution in [-0.4, -0.2) is 34.9 Å². The van der Waals surface area contributed by atoms with Gasteiger partial charge in [0.25, 0.3) is 0 Å². The van der Waals surface area contributed by atoms with Crippen LogP contribution in [0.2, 0.25) is 0 Å². The molecule has 1 unspecified atom stereocenters. The Morgan fingerprint density at radius 3 is 2.79 bits per heavy atom. The lowest BCUT2D eigenvalue weighted by molar-refractivity contribution is -0.116. The minimum absolute atomic E-state index is 0.101. The number of hydrogen-bond acceptors (Lipinski definition) is 4. The lowest BCUT2D eigenvalue weighted by Crippen LogP contribution is -2.35. The molecular weight excluding hydrogens is 499 g/mol. The summed E-state index contributed by atoms with van der Waals surface area (Å²) in [6, 6.07) is 12.4. The van der Waals surface area contributed by atoms with E-state index in [1.807, 2.05) is 25.2 Å². The van der Waals surface area contributed by atoms with E-state index in [0.717, 1.165) is 40.0 Å². The van der Waals surface area contributed by atoms with Gasteiger partial charge in [-0.15, -0.1) is 0 Å². The maximum atomic E-state index is 13.1. The van der Waals surface area contributed by atoms with Crippen molar-refractivity contribution >= 4 is 27.5 Å². The molecule has 0 radical (unpaired) electrons. The number of carbonyl (C=O) groups excluding carboxylic acids is 1. The highest BCUT2D eigenvalue weighted by molar-refractivity contribution is 9.10. The number of aryl methyl sites for hydroxylation is 2. The lowest BCUT2D eigenvalue weighted by atomic mass is 10.0. The number of benzene rings is 2. The van der Waals surface area contributed by atoms with Crippen molar-refractivity contribution in [2.24, 2.45) is 7.05 Å². The van der Waals surface area contributed by atoms with Crippen LogP contribution in [0.5, 0.6) is 5.75 Å². The molecule has 2 N–H and O–H groups in total. The Labute approximate surface area is 208 Å². The zero-order valence-corrected chi connectivity index (χ0v) is 20.9. The molecule has 1 atom stereocenters. The number of amides is 1. The number of nitrogens with zero attached hydrogens (tertiary/aromatic N) is 2. The van der Waals surface area contributed by atoms with E-state index in [0.29, 0.717) is 31.2 Å². The van der Waals surface area contributed by atoms with E-state index in [1.54, 1.807) is 23.0 Å². The summed E-state index contributed by atoms with van der Waals surface area (Å²) in [4.78, 5) is 12.6. The molecule has 3 aromatic rings. The first kappa shape index (κ1) is 24.4. The highest BCUT2D eigenvalue weighted by atomic mass is 79.9. The number of halogens is 2. The van der Waals surface area contributed by atoms with E-state index < -0.39 is 0 Å². The van der Waals surface area contributed by atoms with Gasteiger partial charge in [0.2, 0.25) is 5.91 Å². The summed E-state index contributed by atoms with van der Waals surface area (Å²) in [6.07, 6.45) is 7.25. The number of aromatic nitrogens is 2. The number of carbonyl (C=O) groups is 1. The maximum Gasteiger partial charge on any atom is 0.224 e. The first-order chi connectivity index (χ1) is 16.5. The van der Waals surface area contributed by atoms with Crippen LogP contribution in [0.3, 0.4) is 0 Å². The predicted molar refractivity (Wildman–Crippen MR) is 135 cm³/mol. The van der Waals surface area contributed by atoms with Crippen molar-refractivity contribution in [3.05, 3.63) is 64.5 Å². The highest BCUT2D eigenvalue weighted by Crippen LogP contribution is 2.37. The van der Waals surface area contributed by atoms with Crippen molar-refractivity contribution in [2.45, 2.75) is 44.6 Å². The van der Waals surface area contributed by atoms with Crippen molar-refractivity contribution in [1.29, 1.82) is 0 Å². The molecule has 1 fully saturated rings. The number of anilines is 1. The summed E-state index contributed by atoms with van der Waals surface area (Å²) in [7, 11) is 1.88. The van der Waals surface area contributed by atoms with E-state index in [-0.39, 0.29) is 11.7 Å². The van der Waals surface area contributed by atoms with Gasteiger partial charge < -0.3 is 15.4 Å². The van der Waals surface area contributed by atoms with Crippen LogP contribution in [0.15, 0.2) is 53.1 Å². The van der Waals surface area contributed by atoms with Crippen LogP contribution < -0.4 is 15.4 Å². The summed E-state index contributed by atoms with van der Waals surface area (Å²) in [5.41, 5.74) is 3.36. The third kappa shape index (κ3) is 6.45. The first-order valence-electron chi connectivity index (χ1n) is 11.7. The zero-order chi connectivity index (χ0) is 23.9. The minimum Gasteiger partial charge on any atom is -0.493 e. The normalized spacial score (nSPS) is 15.8. The summed E-state index contributed by atoms with van der Waals surface area (Å²) in [6.45, 7) is 1.69. The quantitative estimate of drug-likeness (QED) is 0.386. The summed E-state index contributed by atoms with van der Waals surface area (Å²) >= 11 is 3.59. The van der Waals surface area contributed by atoms with Gasteiger partial charge in [0.1, 0.15) is 11.6 Å². The molecule has 0 spiro atoms. The molecule has 1 aliphatic rings. The summed E-state index contributed by atoms with van der Waals surface area (Å²) in [5.74, 6) is 0.375. The fourth-order valence-corrected chi connectivity index (χ4v) is 4.81. The Morgan fingerprint density at radius 1 is 1.26 bits per heavy atom. The van der Waals surface area contributed by atoms with Crippen LogP contribution in [0.4, 0.5) is 10.1 Å². The van der Waals surface area contributed by atoms with Crippen LogP contribution in [-0.2, 0) is 18.3 Å². The van der Waals surface area contributed by atoms with Gasteiger partial charge in [0.15, 0.2) is 0 Å². The largest absolute Gasteiger partial charge is 0.493 e. The van der Waals surface area contributed by atoms with Gasteiger partial charge in [-0.2, -0.15) is 5.10 Å². The van der Waals surface area contributed by atoms with Gasteiger partial charge in [-0.3, -0.25) is 9.48 Å². The lowest BCUT2D eigenvalue weighted by Gasteiger charge is -2.23. The molecule has 0 saturated carbocycles. The van der Waals surface area contributed by atoms with Crippen LogP contribution in [0, 0.1) is 5.82 Å². The van der Waals surface area contributed by atoms with Crippen LogP contribution >= 0.6 is 15.9 Å². The van der Waals surface area contributed by atoms with Gasteiger partial charge in [0, 0.05) is 30.8 Å². The van der Waals surface area contributed by atoms with E-state index in [1.165, 1.54) is 31.4 Å². The van der Waals surface area contributed by atoms with Crippen LogP contribution in [0.1, 0.15) is 37.7 Å². The second-order valence-corrected chi connectivity index (χ2v) is 9.49. The fourth-order valence-electron chi connectivity index (χ4n) is 4.25. The molecule has 34 heavy (non-hydrogen) atoms. The molecule has 1 aliphatic heterocycles. The van der Waals surface area contributed by atoms with E-state index in [4.69, 9.17) is 4.74 Å². The molecule has 0 bridgehead atoms. The zero-order valence-electron chi connectivity index (χ0n) is 19.3. The summed E-state index contributed by atoms with van der Waals surface area (Å²) < 4.78 is 21.9. The highest BCUT2D eigenvalue weighted by Gasteiger charge is 2.17. The van der Waals surface area contributed by atoms with Gasteiger partial charge >= 0.3 is 0 Å². The standard InChI is InChI=1S/C26H30BrFN4O2/c1-32-26(23(27)17-30-32)22-16-21(31-25(33)12-7-18-5-8-19(28)9-6-18)10-11-24(22)34-15-13-20-4-2-3-14-29-20/h5-6,8-11,16-17,20,29H,2-4,7,12-15H2,1H3,(H,31,33). The molecule has 4 rings (SSSR count). The van der Waals surface area contributed by atoms with E-state index >= 15 is 0 Å². The molecule has 8 heteroatoms. The van der Waals surface area contributed by atoms with Gasteiger partial charge in [0.05, 0.1) is 23.0 Å². The Hall–Kier alpha value is -2.71. The van der Waals surface area contributed by atoms with Crippen molar-refractivity contribution in [1.82, 2.24) is 15.1 Å². The molecule has 2 heterocycles. The molecule has 2 aromatic carbocycles.